The number of unbranched alkanes of at least 4 members (excludes halogenated alkanes) is 9. The lowest BCUT2D eigenvalue weighted by atomic mass is 10.1. The SMILES string of the molecule is CCCCCCCCCCCCOCc1ccccc1.O. The van der Waals surface area contributed by atoms with E-state index in [1.54, 1.807) is 0 Å². The molecule has 2 N–H and O–H groups in total. The Kier molecular flexibility index (Phi) is 14.9. The quantitative estimate of drug-likeness (QED) is 0.455. The smallest absolute Gasteiger partial charge is 0.0716 e. The fourth-order valence-corrected chi connectivity index (χ4v) is 2.46. The lowest BCUT2D eigenvalue weighted by Crippen LogP contribution is -1.95. The molecule has 0 aliphatic heterocycles. The molecule has 1 aromatic rings. The third-order valence-corrected chi connectivity index (χ3v) is 3.75. The monoisotopic (exact) mass is 294 g/mol. The molecule has 0 radical (unpaired) electrons. The zero-order valence-corrected chi connectivity index (χ0v) is 13.8. The molecule has 0 atom stereocenters. The first-order valence-corrected chi connectivity index (χ1v) is 8.55. The first-order valence-electron chi connectivity index (χ1n) is 8.55. The Bertz CT molecular complexity index is 298. The van der Waals surface area contributed by atoms with Crippen LogP contribution in [0, 0.1) is 0 Å². The second-order valence-electron chi connectivity index (χ2n) is 5.72. The molecule has 2 heteroatoms. The highest BCUT2D eigenvalue weighted by Crippen LogP contribution is 2.10. The Labute approximate surface area is 131 Å². The van der Waals surface area contributed by atoms with Crippen LogP contribution in [0.3, 0.4) is 0 Å². The van der Waals surface area contributed by atoms with Gasteiger partial charge in [-0.2, -0.15) is 0 Å². The highest BCUT2D eigenvalue weighted by Gasteiger charge is 1.94. The molecular weight excluding hydrogens is 260 g/mol. The summed E-state index contributed by atoms with van der Waals surface area (Å²) in [5, 5.41) is 0. The minimum absolute atomic E-state index is 0. The number of ether oxygens (including phenoxy) is 1. The first-order chi connectivity index (χ1) is 9.93. The van der Waals surface area contributed by atoms with Gasteiger partial charge < -0.3 is 10.2 Å². The third kappa shape index (κ3) is 12.6. The van der Waals surface area contributed by atoms with Gasteiger partial charge in [-0.3, -0.25) is 0 Å². The van der Waals surface area contributed by atoms with E-state index in [1.165, 1.54) is 69.8 Å². The van der Waals surface area contributed by atoms with Crippen LogP contribution in [0.2, 0.25) is 0 Å². The average molecular weight is 294 g/mol. The molecule has 0 saturated carbocycles. The van der Waals surface area contributed by atoms with Crippen LogP contribution in [0.1, 0.15) is 76.7 Å². The van der Waals surface area contributed by atoms with E-state index < -0.39 is 0 Å². The van der Waals surface area contributed by atoms with Crippen LogP contribution in [0.5, 0.6) is 0 Å². The van der Waals surface area contributed by atoms with Crippen LogP contribution in [-0.4, -0.2) is 12.1 Å². The maximum absolute atomic E-state index is 5.69. The number of hydrogen-bond acceptors (Lipinski definition) is 1. The molecule has 0 unspecified atom stereocenters. The van der Waals surface area contributed by atoms with Gasteiger partial charge in [-0.15, -0.1) is 0 Å². The maximum Gasteiger partial charge on any atom is 0.0716 e. The lowest BCUT2D eigenvalue weighted by Gasteiger charge is -2.04. The predicted molar refractivity (Wildman–Crippen MR) is 91.6 cm³/mol. The molecule has 0 bridgehead atoms. The summed E-state index contributed by atoms with van der Waals surface area (Å²) in [6.07, 6.45) is 13.8. The van der Waals surface area contributed by atoms with E-state index >= 15 is 0 Å². The van der Waals surface area contributed by atoms with E-state index in [9.17, 15) is 0 Å². The van der Waals surface area contributed by atoms with Gasteiger partial charge in [0, 0.05) is 6.61 Å². The third-order valence-electron chi connectivity index (χ3n) is 3.75. The van der Waals surface area contributed by atoms with Crippen LogP contribution < -0.4 is 0 Å². The zero-order valence-electron chi connectivity index (χ0n) is 13.8. The summed E-state index contributed by atoms with van der Waals surface area (Å²) in [6, 6.07) is 10.4. The van der Waals surface area contributed by atoms with Crippen LogP contribution in [-0.2, 0) is 11.3 Å². The van der Waals surface area contributed by atoms with Crippen molar-refractivity contribution in [2.24, 2.45) is 0 Å². The zero-order chi connectivity index (χ0) is 14.3. The van der Waals surface area contributed by atoms with Crippen LogP contribution in [0.15, 0.2) is 30.3 Å². The van der Waals surface area contributed by atoms with Crippen LogP contribution in [0.25, 0.3) is 0 Å². The van der Waals surface area contributed by atoms with Gasteiger partial charge in [0.1, 0.15) is 0 Å². The van der Waals surface area contributed by atoms with Crippen molar-refractivity contribution in [2.45, 2.75) is 77.7 Å². The molecule has 1 aromatic carbocycles. The molecule has 1 rings (SSSR count). The van der Waals surface area contributed by atoms with Gasteiger partial charge in [0.15, 0.2) is 0 Å². The first kappa shape index (κ1) is 20.1. The van der Waals surface area contributed by atoms with E-state index in [-0.39, 0.29) is 5.48 Å². The van der Waals surface area contributed by atoms with E-state index in [0.717, 1.165) is 13.2 Å². The van der Waals surface area contributed by atoms with Gasteiger partial charge in [0.05, 0.1) is 6.61 Å². The van der Waals surface area contributed by atoms with Gasteiger partial charge in [0.25, 0.3) is 0 Å². The van der Waals surface area contributed by atoms with E-state index in [2.05, 4.69) is 31.2 Å². The second kappa shape index (κ2) is 15.5. The van der Waals surface area contributed by atoms with Crippen molar-refractivity contribution in [1.29, 1.82) is 0 Å². The highest BCUT2D eigenvalue weighted by atomic mass is 16.5. The Morgan fingerprint density at radius 2 is 1.24 bits per heavy atom. The number of hydrogen-bond donors (Lipinski definition) is 0. The molecule has 0 heterocycles. The highest BCUT2D eigenvalue weighted by molar-refractivity contribution is 5.13. The summed E-state index contributed by atoms with van der Waals surface area (Å²) in [7, 11) is 0. The fourth-order valence-electron chi connectivity index (χ4n) is 2.46. The normalized spacial score (nSPS) is 10.3. The minimum Gasteiger partial charge on any atom is -0.412 e. The maximum atomic E-state index is 5.69. The van der Waals surface area contributed by atoms with Gasteiger partial charge in [0.2, 0.25) is 0 Å². The molecule has 0 amide bonds. The summed E-state index contributed by atoms with van der Waals surface area (Å²) in [5.41, 5.74) is 1.28. The molecule has 2 nitrogen and oxygen atoms in total. The predicted octanol–water partition coefficient (Wildman–Crippen LogP) is 5.30. The Balaban J connectivity index is 0.00000400. The van der Waals surface area contributed by atoms with E-state index in [0.29, 0.717) is 0 Å². The summed E-state index contributed by atoms with van der Waals surface area (Å²) in [5.74, 6) is 0. The fraction of sp³-hybridized carbons (Fsp3) is 0.684. The standard InChI is InChI=1S/C19H32O.H2O/c1-2-3-4-5-6-7-8-9-10-14-17-20-18-19-15-12-11-13-16-19;/h11-13,15-16H,2-10,14,17-18H2,1H3;1H2. The Morgan fingerprint density at radius 1 is 0.714 bits per heavy atom. The van der Waals surface area contributed by atoms with Gasteiger partial charge in [-0.25, -0.2) is 0 Å². The molecule has 0 aromatic heterocycles. The van der Waals surface area contributed by atoms with Gasteiger partial charge >= 0.3 is 0 Å². The molecule has 122 valence electrons. The summed E-state index contributed by atoms with van der Waals surface area (Å²) < 4.78 is 5.69. The summed E-state index contributed by atoms with van der Waals surface area (Å²) in [6.45, 7) is 3.95. The van der Waals surface area contributed by atoms with Crippen molar-refractivity contribution in [3.05, 3.63) is 35.9 Å². The van der Waals surface area contributed by atoms with Crippen molar-refractivity contribution >= 4 is 0 Å². The number of benzene rings is 1. The van der Waals surface area contributed by atoms with Crippen molar-refractivity contribution in [3.8, 4) is 0 Å². The summed E-state index contributed by atoms with van der Waals surface area (Å²) in [4.78, 5) is 0. The van der Waals surface area contributed by atoms with Gasteiger partial charge in [-0.05, 0) is 12.0 Å². The van der Waals surface area contributed by atoms with Gasteiger partial charge in [-0.1, -0.05) is 95.0 Å². The lowest BCUT2D eigenvalue weighted by molar-refractivity contribution is 0.116. The molecule has 0 fully saturated rings. The second-order valence-corrected chi connectivity index (χ2v) is 5.72. The Hall–Kier alpha value is -0.860. The van der Waals surface area contributed by atoms with Crippen LogP contribution >= 0.6 is 0 Å². The largest absolute Gasteiger partial charge is 0.412 e. The molecule has 0 spiro atoms. The molecule has 0 aliphatic carbocycles. The molecule has 21 heavy (non-hydrogen) atoms. The topological polar surface area (TPSA) is 40.7 Å². The minimum atomic E-state index is 0. The average Bonchev–Trinajstić information content (AvgIpc) is 2.49. The van der Waals surface area contributed by atoms with Crippen molar-refractivity contribution in [1.82, 2.24) is 0 Å². The van der Waals surface area contributed by atoms with E-state index in [4.69, 9.17) is 4.74 Å². The summed E-state index contributed by atoms with van der Waals surface area (Å²) >= 11 is 0. The Morgan fingerprint density at radius 3 is 1.81 bits per heavy atom. The molecule has 0 saturated heterocycles. The van der Waals surface area contributed by atoms with Crippen molar-refractivity contribution < 1.29 is 10.2 Å². The van der Waals surface area contributed by atoms with Crippen molar-refractivity contribution in [3.63, 3.8) is 0 Å². The molecule has 0 aliphatic rings. The van der Waals surface area contributed by atoms with Crippen molar-refractivity contribution in [2.75, 3.05) is 6.61 Å². The van der Waals surface area contributed by atoms with E-state index in [1.807, 2.05) is 6.07 Å². The van der Waals surface area contributed by atoms with Crippen LogP contribution in [0.4, 0.5) is 0 Å². The molecular formula is C19H34O2. The number of rotatable bonds is 13.